The number of halogens is 3. The molecule has 0 unspecified atom stereocenters. The average Bonchev–Trinajstić information content (AvgIpc) is 1.84. The zero-order valence-corrected chi connectivity index (χ0v) is 8.75. The van der Waals surface area contributed by atoms with E-state index in [4.69, 9.17) is 5.11 Å². The molecule has 0 rings (SSSR count). The van der Waals surface area contributed by atoms with Gasteiger partial charge in [-0.1, -0.05) is 47.8 Å². The minimum atomic E-state index is 0.0478. The summed E-state index contributed by atoms with van der Waals surface area (Å²) in [6, 6.07) is 0. The molecule has 0 aromatic carbocycles. The number of hydrogen-bond acceptors (Lipinski definition) is 1. The van der Waals surface area contributed by atoms with Crippen molar-refractivity contribution in [3.8, 4) is 0 Å². The van der Waals surface area contributed by atoms with Gasteiger partial charge in [-0.2, -0.15) is 0 Å². The third-order valence-electron chi connectivity index (χ3n) is 0.550. The van der Waals surface area contributed by atoms with Crippen LogP contribution in [0, 0.1) is 0 Å². The summed E-state index contributed by atoms with van der Waals surface area (Å²) in [6.45, 7) is 0.0478. The summed E-state index contributed by atoms with van der Waals surface area (Å²) in [7, 11) is 0. The minimum Gasteiger partial charge on any atom is -0.391 e. The Bertz CT molecular complexity index is 87.5. The van der Waals surface area contributed by atoms with Crippen LogP contribution in [0.25, 0.3) is 0 Å². The maximum absolute atomic E-state index is 8.48. The van der Waals surface area contributed by atoms with E-state index in [9.17, 15) is 0 Å². The molecule has 0 aromatic rings. The molecule has 4 heteroatoms. The second-order valence-electron chi connectivity index (χ2n) is 1.10. The molecule has 0 amide bonds. The highest BCUT2D eigenvalue weighted by molar-refractivity contribution is 9.15. The minimum absolute atomic E-state index is 0.0478. The molecule has 1 nitrogen and oxygen atoms in total. The lowest BCUT2D eigenvalue weighted by Gasteiger charge is -1.93. The molecule has 0 aromatic heterocycles. The maximum atomic E-state index is 8.48. The van der Waals surface area contributed by atoms with Gasteiger partial charge < -0.3 is 5.11 Å². The van der Waals surface area contributed by atoms with E-state index >= 15 is 0 Å². The van der Waals surface area contributed by atoms with Gasteiger partial charge in [0, 0.05) is 14.3 Å². The first-order valence-electron chi connectivity index (χ1n) is 1.92. The van der Waals surface area contributed by atoms with Crippen LogP contribution in [0.15, 0.2) is 8.96 Å². The third-order valence-corrected chi connectivity index (χ3v) is 3.88. The van der Waals surface area contributed by atoms with Crippen molar-refractivity contribution in [3.63, 3.8) is 0 Å². The Labute approximate surface area is 73.5 Å². The van der Waals surface area contributed by atoms with Crippen molar-refractivity contribution in [3.05, 3.63) is 8.96 Å². The zero-order valence-electron chi connectivity index (χ0n) is 4.00. The smallest absolute Gasteiger partial charge is 0.0755 e. The molecule has 0 fully saturated rings. The molecule has 0 bridgehead atoms. The van der Waals surface area contributed by atoms with Crippen molar-refractivity contribution in [2.75, 3.05) is 11.9 Å². The van der Waals surface area contributed by atoms with Crippen LogP contribution in [0.5, 0.6) is 0 Å². The summed E-state index contributed by atoms with van der Waals surface area (Å²) in [6.07, 6.45) is 0. The van der Waals surface area contributed by atoms with Gasteiger partial charge in [0.05, 0.1) is 6.61 Å². The Hall–Kier alpha value is 1.14. The molecule has 0 radical (unpaired) electrons. The first kappa shape index (κ1) is 9.14. The lowest BCUT2D eigenvalue weighted by atomic mass is 10.6. The van der Waals surface area contributed by atoms with Crippen LogP contribution in [0.4, 0.5) is 0 Å². The van der Waals surface area contributed by atoms with Crippen molar-refractivity contribution in [2.24, 2.45) is 0 Å². The molecule has 0 saturated carbocycles. The van der Waals surface area contributed by atoms with Gasteiger partial charge in [0.1, 0.15) is 0 Å². The maximum Gasteiger partial charge on any atom is 0.0755 e. The first-order valence-corrected chi connectivity index (χ1v) is 4.63. The van der Waals surface area contributed by atoms with E-state index in [2.05, 4.69) is 47.8 Å². The van der Waals surface area contributed by atoms with Gasteiger partial charge in [-0.05, 0) is 0 Å². The summed E-state index contributed by atoms with van der Waals surface area (Å²) in [5, 5.41) is 9.21. The van der Waals surface area contributed by atoms with Crippen LogP contribution in [0.3, 0.4) is 0 Å². The Balaban J connectivity index is 3.83. The quantitative estimate of drug-likeness (QED) is 0.777. The number of aliphatic hydroxyl groups excluding tert-OH is 1. The van der Waals surface area contributed by atoms with E-state index in [-0.39, 0.29) is 6.61 Å². The van der Waals surface area contributed by atoms with E-state index < -0.39 is 0 Å². The van der Waals surface area contributed by atoms with Crippen LogP contribution in [0.1, 0.15) is 0 Å². The highest BCUT2D eigenvalue weighted by Crippen LogP contribution is 2.18. The van der Waals surface area contributed by atoms with Gasteiger partial charge in [0.2, 0.25) is 0 Å². The standard InChI is InChI=1S/C4H5Br3O/c5-1-3(6)4(7)2-8/h8H,1-2H2/b4-3+. The van der Waals surface area contributed by atoms with Gasteiger partial charge in [-0.25, -0.2) is 0 Å². The van der Waals surface area contributed by atoms with Crippen molar-refractivity contribution >= 4 is 47.8 Å². The molecule has 0 atom stereocenters. The van der Waals surface area contributed by atoms with Gasteiger partial charge in [-0.15, -0.1) is 0 Å². The molecular formula is C4H5Br3O. The molecule has 8 heavy (non-hydrogen) atoms. The van der Waals surface area contributed by atoms with Crippen LogP contribution in [-0.4, -0.2) is 17.0 Å². The summed E-state index contributed by atoms with van der Waals surface area (Å²) in [5.41, 5.74) is 0. The third kappa shape index (κ3) is 3.22. The van der Waals surface area contributed by atoms with E-state index in [0.717, 1.165) is 14.3 Å². The lowest BCUT2D eigenvalue weighted by molar-refractivity contribution is 0.340. The topological polar surface area (TPSA) is 20.2 Å². The van der Waals surface area contributed by atoms with E-state index in [1.165, 1.54) is 0 Å². The monoisotopic (exact) mass is 306 g/mol. The van der Waals surface area contributed by atoms with Gasteiger partial charge in [0.15, 0.2) is 0 Å². The summed E-state index contributed by atoms with van der Waals surface area (Å²) < 4.78 is 1.73. The number of aliphatic hydroxyl groups is 1. The lowest BCUT2D eigenvalue weighted by Crippen LogP contribution is -1.84. The highest BCUT2D eigenvalue weighted by Gasteiger charge is 1.94. The molecule has 0 aliphatic rings. The summed E-state index contributed by atoms with van der Waals surface area (Å²) in [5.74, 6) is 0. The molecule has 0 heterocycles. The van der Waals surface area contributed by atoms with Crippen LogP contribution < -0.4 is 0 Å². The first-order chi connectivity index (χ1) is 3.72. The largest absolute Gasteiger partial charge is 0.391 e. The second-order valence-corrected chi connectivity index (χ2v) is 3.58. The fraction of sp³-hybridized carbons (Fsp3) is 0.500. The van der Waals surface area contributed by atoms with Crippen LogP contribution >= 0.6 is 47.8 Å². The molecule has 1 N–H and O–H groups in total. The van der Waals surface area contributed by atoms with Crippen molar-refractivity contribution in [1.82, 2.24) is 0 Å². The van der Waals surface area contributed by atoms with Crippen LogP contribution in [0.2, 0.25) is 0 Å². The Morgan fingerprint density at radius 2 is 1.75 bits per heavy atom. The SMILES string of the molecule is OC/C(Br)=C(\Br)CBr. The Kier molecular flexibility index (Phi) is 5.68. The fourth-order valence-corrected chi connectivity index (χ4v) is 1.14. The predicted octanol–water partition coefficient (Wildman–Crippen LogP) is 2.38. The zero-order chi connectivity index (χ0) is 6.57. The van der Waals surface area contributed by atoms with Crippen molar-refractivity contribution in [1.29, 1.82) is 0 Å². The van der Waals surface area contributed by atoms with Crippen LogP contribution in [-0.2, 0) is 0 Å². The number of rotatable bonds is 2. The molecule has 0 aliphatic carbocycles. The molecule has 0 aliphatic heterocycles. The molecule has 0 saturated heterocycles. The Morgan fingerprint density at radius 1 is 1.25 bits per heavy atom. The summed E-state index contributed by atoms with van der Waals surface area (Å²) >= 11 is 9.59. The van der Waals surface area contributed by atoms with E-state index in [1.54, 1.807) is 0 Å². The second kappa shape index (κ2) is 4.97. The normalized spacial score (nSPS) is 13.5. The number of allylic oxidation sites excluding steroid dienone is 1. The average molecular weight is 309 g/mol. The number of alkyl halides is 1. The van der Waals surface area contributed by atoms with Gasteiger partial charge in [-0.3, -0.25) is 0 Å². The molecular weight excluding hydrogens is 304 g/mol. The summed E-state index contributed by atoms with van der Waals surface area (Å²) in [4.78, 5) is 0. The van der Waals surface area contributed by atoms with Crippen molar-refractivity contribution < 1.29 is 5.11 Å². The highest BCUT2D eigenvalue weighted by atomic mass is 79.9. The Morgan fingerprint density at radius 3 is 1.88 bits per heavy atom. The molecule has 0 spiro atoms. The van der Waals surface area contributed by atoms with E-state index in [0.29, 0.717) is 0 Å². The molecule has 48 valence electrons. The van der Waals surface area contributed by atoms with Gasteiger partial charge in [0.25, 0.3) is 0 Å². The number of hydrogen-bond donors (Lipinski definition) is 1. The predicted molar refractivity (Wildman–Crippen MR) is 45.8 cm³/mol. The van der Waals surface area contributed by atoms with Gasteiger partial charge >= 0.3 is 0 Å². The van der Waals surface area contributed by atoms with E-state index in [1.807, 2.05) is 0 Å². The fourth-order valence-electron chi connectivity index (χ4n) is 0.158. The van der Waals surface area contributed by atoms with Crippen molar-refractivity contribution in [2.45, 2.75) is 0 Å².